The number of nitrogens with one attached hydrogen (secondary N) is 1. The molecule has 0 amide bonds. The van der Waals surface area contributed by atoms with Crippen LogP contribution in [0.15, 0.2) is 24.8 Å². The van der Waals surface area contributed by atoms with Crippen LogP contribution in [0.5, 0.6) is 0 Å². The first-order chi connectivity index (χ1) is 7.95. The van der Waals surface area contributed by atoms with E-state index in [-0.39, 0.29) is 17.1 Å². The molecule has 1 N–H and O–H groups in total. The van der Waals surface area contributed by atoms with Crippen molar-refractivity contribution in [2.45, 2.75) is 32.4 Å². The highest BCUT2D eigenvalue weighted by molar-refractivity contribution is 6.35. The summed E-state index contributed by atoms with van der Waals surface area (Å²) < 4.78 is 13.4. The van der Waals surface area contributed by atoms with E-state index in [1.165, 1.54) is 12.1 Å². The molecule has 0 aliphatic heterocycles. The van der Waals surface area contributed by atoms with Crippen molar-refractivity contribution in [3.8, 4) is 0 Å². The van der Waals surface area contributed by atoms with Crippen LogP contribution in [0.3, 0.4) is 0 Å². The minimum Gasteiger partial charge on any atom is -0.307 e. The fourth-order valence-corrected chi connectivity index (χ4v) is 2.25. The van der Waals surface area contributed by atoms with Gasteiger partial charge in [0.15, 0.2) is 0 Å². The summed E-state index contributed by atoms with van der Waals surface area (Å²) >= 11 is 11.7. The van der Waals surface area contributed by atoms with Crippen LogP contribution in [0.2, 0.25) is 10.0 Å². The standard InChI is InChI=1S/C13H16Cl2FN/c1-4-5-8(2)17-9(3)10-6-13(16)12(15)7-11(10)14/h4,6-9,17H,1,5H2,2-3H3. The summed E-state index contributed by atoms with van der Waals surface area (Å²) in [5.74, 6) is -0.448. The topological polar surface area (TPSA) is 12.0 Å². The zero-order valence-corrected chi connectivity index (χ0v) is 11.4. The van der Waals surface area contributed by atoms with Crippen LogP contribution < -0.4 is 5.32 Å². The molecule has 0 aliphatic rings. The van der Waals surface area contributed by atoms with Crippen molar-refractivity contribution in [2.24, 2.45) is 0 Å². The lowest BCUT2D eigenvalue weighted by molar-refractivity contribution is 0.480. The normalized spacial score (nSPS) is 14.4. The molecule has 0 fully saturated rings. The minimum atomic E-state index is -0.448. The Balaban J connectivity index is 2.85. The fraction of sp³-hybridized carbons (Fsp3) is 0.385. The minimum absolute atomic E-state index is 0.0378. The van der Waals surface area contributed by atoms with Crippen LogP contribution >= 0.6 is 23.2 Å². The van der Waals surface area contributed by atoms with E-state index in [0.29, 0.717) is 10.6 Å². The van der Waals surface area contributed by atoms with Gasteiger partial charge in [-0.2, -0.15) is 0 Å². The predicted octanol–water partition coefficient (Wildman–Crippen LogP) is 4.75. The largest absolute Gasteiger partial charge is 0.307 e. The molecule has 1 aromatic rings. The average Bonchev–Trinajstić information content (AvgIpc) is 2.23. The first-order valence-corrected chi connectivity index (χ1v) is 6.22. The highest BCUT2D eigenvalue weighted by atomic mass is 35.5. The summed E-state index contributed by atoms with van der Waals surface area (Å²) in [7, 11) is 0. The Hall–Kier alpha value is -0.570. The van der Waals surface area contributed by atoms with Crippen LogP contribution in [-0.2, 0) is 0 Å². The molecule has 4 heteroatoms. The van der Waals surface area contributed by atoms with E-state index in [2.05, 4.69) is 11.9 Å². The molecule has 0 saturated carbocycles. The van der Waals surface area contributed by atoms with Crippen molar-refractivity contribution in [2.75, 3.05) is 0 Å². The van der Waals surface area contributed by atoms with E-state index in [1.54, 1.807) is 0 Å². The summed E-state index contributed by atoms with van der Waals surface area (Å²) in [4.78, 5) is 0. The van der Waals surface area contributed by atoms with Gasteiger partial charge in [-0.1, -0.05) is 29.3 Å². The Kier molecular flexibility index (Phi) is 5.44. The second kappa shape index (κ2) is 6.39. The van der Waals surface area contributed by atoms with Gasteiger partial charge in [-0.05, 0) is 38.0 Å². The summed E-state index contributed by atoms with van der Waals surface area (Å²) in [6.07, 6.45) is 2.69. The van der Waals surface area contributed by atoms with Gasteiger partial charge in [-0.15, -0.1) is 6.58 Å². The van der Waals surface area contributed by atoms with Gasteiger partial charge in [0.1, 0.15) is 5.82 Å². The number of benzene rings is 1. The average molecular weight is 276 g/mol. The summed E-state index contributed by atoms with van der Waals surface area (Å²) in [6, 6.07) is 3.04. The quantitative estimate of drug-likeness (QED) is 0.604. The molecule has 2 atom stereocenters. The monoisotopic (exact) mass is 275 g/mol. The van der Waals surface area contributed by atoms with Gasteiger partial charge in [-0.25, -0.2) is 4.39 Å². The lowest BCUT2D eigenvalue weighted by atomic mass is 10.1. The van der Waals surface area contributed by atoms with E-state index < -0.39 is 5.82 Å². The molecule has 0 radical (unpaired) electrons. The van der Waals surface area contributed by atoms with Crippen LogP contribution in [-0.4, -0.2) is 6.04 Å². The van der Waals surface area contributed by atoms with Crippen molar-refractivity contribution in [1.82, 2.24) is 5.32 Å². The van der Waals surface area contributed by atoms with Crippen LogP contribution in [0.25, 0.3) is 0 Å². The van der Waals surface area contributed by atoms with Crippen molar-refractivity contribution < 1.29 is 4.39 Å². The molecule has 17 heavy (non-hydrogen) atoms. The Labute approximate surface area is 112 Å². The summed E-state index contributed by atoms with van der Waals surface area (Å²) in [5.41, 5.74) is 0.712. The second-order valence-electron chi connectivity index (χ2n) is 4.10. The number of halogens is 3. The molecule has 1 aromatic carbocycles. The first kappa shape index (κ1) is 14.5. The van der Waals surface area contributed by atoms with E-state index in [0.717, 1.165) is 6.42 Å². The van der Waals surface area contributed by atoms with Crippen LogP contribution in [0.1, 0.15) is 31.9 Å². The third kappa shape index (κ3) is 3.98. The molecular formula is C13H16Cl2FN. The van der Waals surface area contributed by atoms with Gasteiger partial charge in [0.25, 0.3) is 0 Å². The van der Waals surface area contributed by atoms with Gasteiger partial charge < -0.3 is 5.32 Å². The van der Waals surface area contributed by atoms with Crippen LogP contribution in [0.4, 0.5) is 4.39 Å². The zero-order chi connectivity index (χ0) is 13.0. The molecule has 0 heterocycles. The Bertz CT molecular complexity index is 407. The van der Waals surface area contributed by atoms with Crippen molar-refractivity contribution in [1.29, 1.82) is 0 Å². The van der Waals surface area contributed by atoms with Crippen molar-refractivity contribution >= 4 is 23.2 Å². The molecule has 1 nitrogen and oxygen atoms in total. The van der Waals surface area contributed by atoms with Gasteiger partial charge in [0.2, 0.25) is 0 Å². The number of rotatable bonds is 5. The molecule has 94 valence electrons. The molecule has 1 rings (SSSR count). The first-order valence-electron chi connectivity index (χ1n) is 5.47. The molecule has 0 bridgehead atoms. The SMILES string of the molecule is C=CCC(C)NC(C)c1cc(F)c(Cl)cc1Cl. The lowest BCUT2D eigenvalue weighted by Crippen LogP contribution is -2.28. The smallest absolute Gasteiger partial charge is 0.142 e. The Morgan fingerprint density at radius 2 is 2.00 bits per heavy atom. The summed E-state index contributed by atoms with van der Waals surface area (Å²) in [6.45, 7) is 7.66. The molecule has 0 aliphatic carbocycles. The molecule has 0 saturated heterocycles. The summed E-state index contributed by atoms with van der Waals surface area (Å²) in [5, 5.41) is 3.84. The maximum absolute atomic E-state index is 13.4. The highest BCUT2D eigenvalue weighted by Gasteiger charge is 2.14. The Morgan fingerprint density at radius 1 is 1.35 bits per heavy atom. The number of hydrogen-bond acceptors (Lipinski definition) is 1. The molecular weight excluding hydrogens is 260 g/mol. The lowest BCUT2D eigenvalue weighted by Gasteiger charge is -2.20. The van der Waals surface area contributed by atoms with Crippen molar-refractivity contribution in [3.05, 3.63) is 46.2 Å². The van der Waals surface area contributed by atoms with Gasteiger partial charge in [0.05, 0.1) is 5.02 Å². The molecule has 2 unspecified atom stereocenters. The molecule has 0 aromatic heterocycles. The van der Waals surface area contributed by atoms with Gasteiger partial charge in [-0.3, -0.25) is 0 Å². The second-order valence-corrected chi connectivity index (χ2v) is 4.92. The van der Waals surface area contributed by atoms with Crippen molar-refractivity contribution in [3.63, 3.8) is 0 Å². The van der Waals surface area contributed by atoms with E-state index in [9.17, 15) is 4.39 Å². The van der Waals surface area contributed by atoms with Crippen LogP contribution in [0, 0.1) is 5.82 Å². The van der Waals surface area contributed by atoms with Gasteiger partial charge in [0, 0.05) is 17.1 Å². The highest BCUT2D eigenvalue weighted by Crippen LogP contribution is 2.28. The van der Waals surface area contributed by atoms with E-state index >= 15 is 0 Å². The predicted molar refractivity (Wildman–Crippen MR) is 72.2 cm³/mol. The fourth-order valence-electron chi connectivity index (χ4n) is 1.70. The zero-order valence-electron chi connectivity index (χ0n) is 9.93. The number of hydrogen-bond donors (Lipinski definition) is 1. The molecule has 0 spiro atoms. The third-order valence-electron chi connectivity index (χ3n) is 2.56. The van der Waals surface area contributed by atoms with E-state index in [4.69, 9.17) is 23.2 Å². The third-order valence-corrected chi connectivity index (χ3v) is 3.18. The maximum Gasteiger partial charge on any atom is 0.142 e. The Morgan fingerprint density at radius 3 is 2.59 bits per heavy atom. The maximum atomic E-state index is 13.4. The van der Waals surface area contributed by atoms with Gasteiger partial charge >= 0.3 is 0 Å². The van der Waals surface area contributed by atoms with E-state index in [1.807, 2.05) is 19.9 Å².